The summed E-state index contributed by atoms with van der Waals surface area (Å²) >= 11 is 0. The Balaban J connectivity index is 1.21. The molecule has 2 amide bonds. The minimum atomic E-state index is 0.106. The average Bonchev–Trinajstić information content (AvgIpc) is 3.21. The van der Waals surface area contributed by atoms with Crippen molar-refractivity contribution in [3.8, 4) is 0 Å². The number of nitrogens with zero attached hydrogens (tertiary/aromatic N) is 2. The van der Waals surface area contributed by atoms with Gasteiger partial charge in [0.25, 0.3) is 0 Å². The first-order chi connectivity index (χ1) is 13.6. The number of carbonyl (C=O) groups is 2. The standard InChI is InChI=1S/C22H37N3O3/c1-24(19-10-11-25-12-13-28-20(19)15-25)22(27)17-6-8-18(9-7-17)23-21(26)14-16-4-2-3-5-16/h16-20H,2-15H2,1H3,(H,23,26). The Kier molecular flexibility index (Phi) is 6.56. The second-order valence-electron chi connectivity index (χ2n) is 9.49. The fourth-order valence-corrected chi connectivity index (χ4v) is 5.81. The summed E-state index contributed by atoms with van der Waals surface area (Å²) in [5.41, 5.74) is 0. The van der Waals surface area contributed by atoms with E-state index in [1.165, 1.54) is 25.7 Å². The van der Waals surface area contributed by atoms with Crippen LogP contribution < -0.4 is 5.32 Å². The van der Waals surface area contributed by atoms with Gasteiger partial charge in [0.15, 0.2) is 0 Å². The minimum Gasteiger partial charge on any atom is -0.373 e. The quantitative estimate of drug-likeness (QED) is 0.780. The first kappa shape index (κ1) is 20.1. The van der Waals surface area contributed by atoms with E-state index in [9.17, 15) is 9.59 Å². The van der Waals surface area contributed by atoms with Crippen LogP contribution in [0.25, 0.3) is 0 Å². The number of ether oxygens (including phenoxy) is 1. The van der Waals surface area contributed by atoms with Crippen molar-refractivity contribution in [1.82, 2.24) is 15.1 Å². The number of carbonyl (C=O) groups excluding carboxylic acids is 2. The Morgan fingerprint density at radius 2 is 1.79 bits per heavy atom. The lowest BCUT2D eigenvalue weighted by Crippen LogP contribution is -2.59. The fraction of sp³-hybridized carbons (Fsp3) is 0.909. The molecule has 0 aromatic carbocycles. The first-order valence-corrected chi connectivity index (χ1v) is 11.5. The lowest BCUT2D eigenvalue weighted by molar-refractivity contribution is -0.148. The van der Waals surface area contributed by atoms with Crippen LogP contribution in [-0.2, 0) is 14.3 Å². The highest BCUT2D eigenvalue weighted by atomic mass is 16.5. The van der Waals surface area contributed by atoms with Gasteiger partial charge in [-0.05, 0) is 50.9 Å². The second kappa shape index (κ2) is 9.12. The summed E-state index contributed by atoms with van der Waals surface area (Å²) in [5.74, 6) is 1.21. The van der Waals surface area contributed by atoms with Crippen LogP contribution >= 0.6 is 0 Å². The predicted octanol–water partition coefficient (Wildman–Crippen LogP) is 2.17. The second-order valence-corrected chi connectivity index (χ2v) is 9.49. The number of likely N-dealkylation sites (N-methyl/N-ethyl adjacent to an activating group) is 1. The maximum atomic E-state index is 13.1. The molecule has 6 nitrogen and oxygen atoms in total. The molecule has 2 heterocycles. The number of piperidine rings is 1. The molecular weight excluding hydrogens is 354 g/mol. The van der Waals surface area contributed by atoms with Crippen molar-refractivity contribution in [1.29, 1.82) is 0 Å². The zero-order chi connectivity index (χ0) is 19.5. The summed E-state index contributed by atoms with van der Waals surface area (Å²) in [6.45, 7) is 3.84. The highest BCUT2D eigenvalue weighted by molar-refractivity contribution is 5.79. The number of hydrogen-bond acceptors (Lipinski definition) is 4. The molecule has 1 N–H and O–H groups in total. The maximum absolute atomic E-state index is 13.1. The van der Waals surface area contributed by atoms with E-state index in [0.29, 0.717) is 12.3 Å². The molecule has 2 aliphatic carbocycles. The molecule has 2 bridgehead atoms. The van der Waals surface area contributed by atoms with Crippen molar-refractivity contribution in [2.75, 3.05) is 33.3 Å². The topological polar surface area (TPSA) is 61.9 Å². The molecule has 0 aromatic heterocycles. The Bertz CT molecular complexity index is 555. The number of morpholine rings is 1. The van der Waals surface area contributed by atoms with Crippen LogP contribution in [0.15, 0.2) is 0 Å². The molecule has 4 rings (SSSR count). The smallest absolute Gasteiger partial charge is 0.225 e. The van der Waals surface area contributed by atoms with Gasteiger partial charge in [-0.1, -0.05) is 12.8 Å². The highest BCUT2D eigenvalue weighted by Gasteiger charge is 2.39. The summed E-state index contributed by atoms with van der Waals surface area (Å²) in [6.07, 6.45) is 10.5. The van der Waals surface area contributed by atoms with E-state index < -0.39 is 0 Å². The Morgan fingerprint density at radius 1 is 1.04 bits per heavy atom. The third-order valence-corrected chi connectivity index (χ3v) is 7.58. The lowest BCUT2D eigenvalue weighted by Gasteiger charge is -2.46. The Labute approximate surface area is 169 Å². The Hall–Kier alpha value is -1.14. The number of nitrogens with one attached hydrogen (secondary N) is 1. The summed E-state index contributed by atoms with van der Waals surface area (Å²) < 4.78 is 5.95. The number of rotatable bonds is 5. The van der Waals surface area contributed by atoms with Crippen molar-refractivity contribution in [3.05, 3.63) is 0 Å². The summed E-state index contributed by atoms with van der Waals surface area (Å²) in [7, 11) is 1.97. The molecular formula is C22H37N3O3. The normalized spacial score (nSPS) is 36.1. The Morgan fingerprint density at radius 3 is 2.54 bits per heavy atom. The van der Waals surface area contributed by atoms with Gasteiger partial charge in [0.1, 0.15) is 0 Å². The van der Waals surface area contributed by atoms with Crippen LogP contribution in [0.3, 0.4) is 0 Å². The van der Waals surface area contributed by atoms with Crippen molar-refractivity contribution in [2.45, 2.75) is 82.4 Å². The van der Waals surface area contributed by atoms with Gasteiger partial charge in [0.05, 0.1) is 18.8 Å². The molecule has 0 aromatic rings. The molecule has 4 aliphatic rings. The van der Waals surface area contributed by atoms with Gasteiger partial charge < -0.3 is 15.0 Å². The maximum Gasteiger partial charge on any atom is 0.225 e. The van der Waals surface area contributed by atoms with Crippen LogP contribution in [0.2, 0.25) is 0 Å². The third-order valence-electron chi connectivity index (χ3n) is 7.58. The lowest BCUT2D eigenvalue weighted by atomic mass is 9.84. The van der Waals surface area contributed by atoms with Crippen molar-refractivity contribution >= 4 is 11.8 Å². The summed E-state index contributed by atoms with van der Waals surface area (Å²) in [5, 5.41) is 3.24. The van der Waals surface area contributed by atoms with Crippen LogP contribution in [0, 0.1) is 11.8 Å². The highest BCUT2D eigenvalue weighted by Crippen LogP contribution is 2.30. The van der Waals surface area contributed by atoms with Gasteiger partial charge in [-0.25, -0.2) is 0 Å². The monoisotopic (exact) mass is 391 g/mol. The van der Waals surface area contributed by atoms with Gasteiger partial charge >= 0.3 is 0 Å². The molecule has 28 heavy (non-hydrogen) atoms. The molecule has 3 atom stereocenters. The van der Waals surface area contributed by atoms with Gasteiger partial charge in [-0.3, -0.25) is 14.5 Å². The number of amides is 2. The first-order valence-electron chi connectivity index (χ1n) is 11.5. The third kappa shape index (κ3) is 4.70. The molecule has 4 fully saturated rings. The van der Waals surface area contributed by atoms with Crippen molar-refractivity contribution in [3.63, 3.8) is 0 Å². The van der Waals surface area contributed by atoms with E-state index in [-0.39, 0.29) is 35.9 Å². The number of fused-ring (bicyclic) bond motifs is 2. The van der Waals surface area contributed by atoms with E-state index >= 15 is 0 Å². The predicted molar refractivity (Wildman–Crippen MR) is 108 cm³/mol. The SMILES string of the molecule is CN(C(=O)C1CCC(NC(=O)CC2CCCC2)CC1)C1CCN2CCOC1C2. The van der Waals surface area contributed by atoms with Crippen LogP contribution in [0.5, 0.6) is 0 Å². The van der Waals surface area contributed by atoms with Crippen molar-refractivity contribution in [2.24, 2.45) is 11.8 Å². The van der Waals surface area contributed by atoms with E-state index in [1.807, 2.05) is 11.9 Å². The molecule has 2 aliphatic heterocycles. The average molecular weight is 392 g/mol. The summed E-state index contributed by atoms with van der Waals surface area (Å²) in [4.78, 5) is 29.8. The van der Waals surface area contributed by atoms with E-state index in [1.54, 1.807) is 0 Å². The van der Waals surface area contributed by atoms with Gasteiger partial charge in [-0.15, -0.1) is 0 Å². The fourth-order valence-electron chi connectivity index (χ4n) is 5.81. The van der Waals surface area contributed by atoms with Crippen LogP contribution in [0.4, 0.5) is 0 Å². The molecule has 6 heteroatoms. The van der Waals surface area contributed by atoms with E-state index in [0.717, 1.165) is 58.3 Å². The molecule has 2 saturated heterocycles. The van der Waals surface area contributed by atoms with E-state index in [2.05, 4.69) is 10.2 Å². The van der Waals surface area contributed by atoms with Crippen LogP contribution in [0.1, 0.15) is 64.2 Å². The van der Waals surface area contributed by atoms with Crippen molar-refractivity contribution < 1.29 is 14.3 Å². The molecule has 3 unspecified atom stereocenters. The molecule has 2 saturated carbocycles. The largest absolute Gasteiger partial charge is 0.373 e. The molecule has 0 radical (unpaired) electrons. The van der Waals surface area contributed by atoms with E-state index in [4.69, 9.17) is 4.74 Å². The summed E-state index contributed by atoms with van der Waals surface area (Å²) in [6, 6.07) is 0.473. The van der Waals surface area contributed by atoms with Crippen LogP contribution in [-0.4, -0.2) is 73.1 Å². The molecule has 0 spiro atoms. The van der Waals surface area contributed by atoms with Gasteiger partial charge in [0, 0.05) is 45.1 Å². The zero-order valence-electron chi connectivity index (χ0n) is 17.4. The minimum absolute atomic E-state index is 0.106. The van der Waals surface area contributed by atoms with Gasteiger partial charge in [-0.2, -0.15) is 0 Å². The zero-order valence-corrected chi connectivity index (χ0v) is 17.4. The van der Waals surface area contributed by atoms with Gasteiger partial charge in [0.2, 0.25) is 11.8 Å². The molecule has 158 valence electrons. The number of hydrogen-bond donors (Lipinski definition) is 1.